The number of hydrogen-bond donors (Lipinski definition) is 0. The van der Waals surface area contributed by atoms with Crippen LogP contribution in [0.5, 0.6) is 0 Å². The third kappa shape index (κ3) is 3.43. The molecule has 29 heavy (non-hydrogen) atoms. The highest BCUT2D eigenvalue weighted by molar-refractivity contribution is 5.87. The molecule has 7 heteroatoms. The Kier molecular flexibility index (Phi) is 5.15. The first-order valence-electron chi connectivity index (χ1n) is 10.4. The average Bonchev–Trinajstić information content (AvgIpc) is 3.32. The summed E-state index contributed by atoms with van der Waals surface area (Å²) in [6.45, 7) is 8.14. The lowest BCUT2D eigenvalue weighted by Gasteiger charge is -2.42. The van der Waals surface area contributed by atoms with E-state index < -0.39 is 5.41 Å². The van der Waals surface area contributed by atoms with Gasteiger partial charge in [-0.3, -0.25) is 19.3 Å². The summed E-state index contributed by atoms with van der Waals surface area (Å²) in [6.07, 6.45) is 7.10. The minimum absolute atomic E-state index is 0.0275. The molecule has 0 radical (unpaired) electrons. The van der Waals surface area contributed by atoms with Crippen molar-refractivity contribution < 1.29 is 9.59 Å². The van der Waals surface area contributed by atoms with Crippen molar-refractivity contribution in [3.05, 3.63) is 48.0 Å². The Morgan fingerprint density at radius 2 is 2.14 bits per heavy atom. The fraction of sp³-hybridized carbons (Fsp3) is 0.545. The van der Waals surface area contributed by atoms with Gasteiger partial charge in [-0.2, -0.15) is 5.10 Å². The Labute approximate surface area is 171 Å². The fourth-order valence-electron chi connectivity index (χ4n) is 5.00. The molecule has 2 atom stereocenters. The second-order valence-electron chi connectivity index (χ2n) is 8.59. The van der Waals surface area contributed by atoms with Gasteiger partial charge in [0.2, 0.25) is 11.8 Å². The molecule has 4 rings (SSSR count). The second kappa shape index (κ2) is 7.61. The summed E-state index contributed by atoms with van der Waals surface area (Å²) in [5.41, 5.74) is 1.50. The van der Waals surface area contributed by atoms with Gasteiger partial charge >= 0.3 is 0 Å². The molecule has 2 aliphatic heterocycles. The maximum Gasteiger partial charge on any atom is 0.231 e. The number of pyridine rings is 1. The molecule has 0 aromatic carbocycles. The highest BCUT2D eigenvalue weighted by Gasteiger charge is 2.56. The monoisotopic (exact) mass is 395 g/mol. The number of piperidine rings is 1. The average molecular weight is 396 g/mol. The predicted molar refractivity (Wildman–Crippen MR) is 109 cm³/mol. The Bertz CT molecular complexity index is 894. The van der Waals surface area contributed by atoms with Crippen molar-refractivity contribution in [1.29, 1.82) is 0 Å². The first-order valence-corrected chi connectivity index (χ1v) is 10.4. The van der Waals surface area contributed by atoms with E-state index in [1.54, 1.807) is 19.3 Å². The lowest BCUT2D eigenvalue weighted by Crippen LogP contribution is -2.52. The molecule has 0 aliphatic carbocycles. The van der Waals surface area contributed by atoms with E-state index in [1.165, 1.54) is 0 Å². The summed E-state index contributed by atoms with van der Waals surface area (Å²) in [5, 5.41) is 4.50. The van der Waals surface area contributed by atoms with Crippen LogP contribution in [-0.4, -0.2) is 56.0 Å². The summed E-state index contributed by atoms with van der Waals surface area (Å²) in [7, 11) is 0. The highest BCUT2D eigenvalue weighted by Crippen LogP contribution is 2.49. The van der Waals surface area contributed by atoms with Crippen molar-refractivity contribution in [2.45, 2.75) is 52.1 Å². The Morgan fingerprint density at radius 1 is 1.31 bits per heavy atom. The van der Waals surface area contributed by atoms with Gasteiger partial charge in [0, 0.05) is 69.3 Å². The molecule has 2 aromatic rings. The minimum atomic E-state index is -0.585. The zero-order chi connectivity index (χ0) is 20.6. The molecule has 2 saturated heterocycles. The molecular weight excluding hydrogens is 366 g/mol. The van der Waals surface area contributed by atoms with Gasteiger partial charge in [0.15, 0.2) is 0 Å². The number of aromatic nitrogens is 3. The van der Waals surface area contributed by atoms with Crippen LogP contribution in [0.4, 0.5) is 0 Å². The zero-order valence-electron chi connectivity index (χ0n) is 17.4. The minimum Gasteiger partial charge on any atom is -0.341 e. The Morgan fingerprint density at radius 3 is 2.83 bits per heavy atom. The van der Waals surface area contributed by atoms with Crippen LogP contribution in [0.15, 0.2) is 36.8 Å². The molecule has 1 spiro atoms. The Hall–Kier alpha value is -2.70. The number of amides is 2. The van der Waals surface area contributed by atoms with E-state index >= 15 is 0 Å². The lowest BCUT2D eigenvalue weighted by molar-refractivity contribution is -0.147. The van der Waals surface area contributed by atoms with E-state index in [2.05, 4.69) is 23.9 Å². The van der Waals surface area contributed by atoms with Crippen LogP contribution >= 0.6 is 0 Å². The second-order valence-corrected chi connectivity index (χ2v) is 8.59. The summed E-state index contributed by atoms with van der Waals surface area (Å²) in [5.74, 6) is 0.137. The number of likely N-dealkylation sites (tertiary alicyclic amines) is 2. The van der Waals surface area contributed by atoms with Crippen molar-refractivity contribution in [2.24, 2.45) is 5.41 Å². The van der Waals surface area contributed by atoms with E-state index in [0.29, 0.717) is 19.6 Å². The van der Waals surface area contributed by atoms with E-state index in [9.17, 15) is 9.59 Å². The van der Waals surface area contributed by atoms with Crippen LogP contribution in [0, 0.1) is 5.41 Å². The molecule has 7 nitrogen and oxygen atoms in total. The molecule has 2 aromatic heterocycles. The summed E-state index contributed by atoms with van der Waals surface area (Å²) in [6, 6.07) is 6.12. The largest absolute Gasteiger partial charge is 0.341 e. The maximum absolute atomic E-state index is 13.8. The summed E-state index contributed by atoms with van der Waals surface area (Å²) >= 11 is 0. The van der Waals surface area contributed by atoms with Gasteiger partial charge in [-0.25, -0.2) is 0 Å². The van der Waals surface area contributed by atoms with Crippen molar-refractivity contribution >= 4 is 11.8 Å². The van der Waals surface area contributed by atoms with Gasteiger partial charge < -0.3 is 9.80 Å². The van der Waals surface area contributed by atoms with Gasteiger partial charge in [0.25, 0.3) is 0 Å². The van der Waals surface area contributed by atoms with Crippen LogP contribution in [0.3, 0.4) is 0 Å². The third-order valence-electron chi connectivity index (χ3n) is 6.40. The third-order valence-corrected chi connectivity index (χ3v) is 6.40. The molecule has 0 unspecified atom stereocenters. The molecule has 0 saturated carbocycles. The van der Waals surface area contributed by atoms with Crippen molar-refractivity contribution in [3.63, 3.8) is 0 Å². The lowest BCUT2D eigenvalue weighted by atomic mass is 9.70. The fourth-order valence-corrected chi connectivity index (χ4v) is 5.00. The standard InChI is InChI=1S/C22H29N5O2/c1-16(2)27-20(7-10-24-27)19-14-26(17(3)28)15-22(19)8-5-11-25(21(22)29)13-18-6-4-9-23-12-18/h4,6-7,9-10,12,16,19H,5,8,11,13-15H2,1-3H3/t19-,22+/m0/s1. The van der Waals surface area contributed by atoms with Crippen LogP contribution in [0.2, 0.25) is 0 Å². The number of hydrogen-bond acceptors (Lipinski definition) is 4. The molecule has 2 amide bonds. The van der Waals surface area contributed by atoms with Crippen LogP contribution in [0.1, 0.15) is 56.8 Å². The summed E-state index contributed by atoms with van der Waals surface area (Å²) in [4.78, 5) is 34.1. The van der Waals surface area contributed by atoms with Gasteiger partial charge in [0.05, 0.1) is 5.41 Å². The van der Waals surface area contributed by atoms with Gasteiger partial charge in [-0.15, -0.1) is 0 Å². The van der Waals surface area contributed by atoms with Crippen LogP contribution in [0.25, 0.3) is 0 Å². The smallest absolute Gasteiger partial charge is 0.231 e. The number of carbonyl (C=O) groups is 2. The molecule has 0 bridgehead atoms. The molecule has 4 heterocycles. The van der Waals surface area contributed by atoms with E-state index in [0.717, 1.165) is 30.6 Å². The first-order chi connectivity index (χ1) is 13.9. The van der Waals surface area contributed by atoms with Gasteiger partial charge in [-0.1, -0.05) is 6.07 Å². The quantitative estimate of drug-likeness (QED) is 0.798. The number of carbonyl (C=O) groups excluding carboxylic acids is 2. The van der Waals surface area contributed by atoms with Crippen molar-refractivity contribution in [1.82, 2.24) is 24.6 Å². The van der Waals surface area contributed by atoms with Crippen LogP contribution < -0.4 is 0 Å². The SMILES string of the molecule is CC(=O)N1C[C@@H](c2ccnn2C(C)C)[C@@]2(CCCN(Cc3cccnc3)C2=O)C1. The van der Waals surface area contributed by atoms with Crippen molar-refractivity contribution in [3.8, 4) is 0 Å². The van der Waals surface area contributed by atoms with Crippen molar-refractivity contribution in [2.75, 3.05) is 19.6 Å². The molecular formula is C22H29N5O2. The normalized spacial score (nSPS) is 24.7. The molecule has 0 N–H and O–H groups in total. The predicted octanol–water partition coefficient (Wildman–Crippen LogP) is 2.61. The van der Waals surface area contributed by atoms with Crippen LogP contribution in [-0.2, 0) is 16.1 Å². The molecule has 154 valence electrons. The molecule has 2 fully saturated rings. The topological polar surface area (TPSA) is 71.3 Å². The van der Waals surface area contributed by atoms with Gasteiger partial charge in [-0.05, 0) is 44.4 Å². The van der Waals surface area contributed by atoms with E-state index in [4.69, 9.17) is 0 Å². The highest BCUT2D eigenvalue weighted by atomic mass is 16.2. The first kappa shape index (κ1) is 19.6. The zero-order valence-corrected chi connectivity index (χ0v) is 17.4. The number of nitrogens with zero attached hydrogens (tertiary/aromatic N) is 5. The van der Waals surface area contributed by atoms with E-state index in [-0.39, 0.29) is 23.8 Å². The summed E-state index contributed by atoms with van der Waals surface area (Å²) < 4.78 is 2.00. The van der Waals surface area contributed by atoms with E-state index in [1.807, 2.05) is 38.9 Å². The Balaban J connectivity index is 1.70. The molecule has 2 aliphatic rings. The number of rotatable bonds is 4. The van der Waals surface area contributed by atoms with Gasteiger partial charge in [0.1, 0.15) is 0 Å². The maximum atomic E-state index is 13.8.